The third kappa shape index (κ3) is 2.94. The van der Waals surface area contributed by atoms with Crippen LogP contribution in [0.5, 0.6) is 0 Å². The first kappa shape index (κ1) is 13.6. The molecule has 1 aromatic heterocycles. The van der Waals surface area contributed by atoms with Gasteiger partial charge in [-0.1, -0.05) is 11.6 Å². The Labute approximate surface area is 113 Å². The summed E-state index contributed by atoms with van der Waals surface area (Å²) in [6.07, 6.45) is 4.27. The maximum Gasteiger partial charge on any atom is 0.147 e. The molecular weight excluding hydrogens is 250 g/mol. The van der Waals surface area contributed by atoms with E-state index in [1.54, 1.807) is 6.20 Å². The Balaban J connectivity index is 2.15. The zero-order valence-corrected chi connectivity index (χ0v) is 11.5. The van der Waals surface area contributed by atoms with E-state index in [-0.39, 0.29) is 6.10 Å². The molecule has 0 radical (unpaired) electrons. The molecule has 1 aliphatic rings. The molecule has 1 aliphatic heterocycles. The van der Waals surface area contributed by atoms with Crippen molar-refractivity contribution < 1.29 is 4.74 Å². The molecule has 100 valence electrons. The Kier molecular flexibility index (Phi) is 4.80. The molecule has 2 heterocycles. The van der Waals surface area contributed by atoms with Gasteiger partial charge in [-0.25, -0.2) is 4.98 Å². The Morgan fingerprint density at radius 3 is 3.17 bits per heavy atom. The van der Waals surface area contributed by atoms with Crippen LogP contribution in [0.2, 0.25) is 5.02 Å². The van der Waals surface area contributed by atoms with Gasteiger partial charge in [-0.2, -0.15) is 0 Å². The van der Waals surface area contributed by atoms with Crippen molar-refractivity contribution >= 4 is 17.4 Å². The fourth-order valence-electron chi connectivity index (χ4n) is 2.35. The molecule has 4 nitrogen and oxygen atoms in total. The number of hydrogen-bond acceptors (Lipinski definition) is 4. The standard InChI is InChI=1S/C13H20ClN3O/c1-2-18-11-4-3-7-17(9-11)13-12(14)10(8-15)5-6-16-13/h5-6,11H,2-4,7-9,15H2,1H3. The number of halogens is 1. The van der Waals surface area contributed by atoms with E-state index < -0.39 is 0 Å². The van der Waals surface area contributed by atoms with Gasteiger partial charge in [0.1, 0.15) is 5.82 Å². The average molecular weight is 270 g/mol. The summed E-state index contributed by atoms with van der Waals surface area (Å²) >= 11 is 6.34. The van der Waals surface area contributed by atoms with E-state index in [1.807, 2.05) is 13.0 Å². The van der Waals surface area contributed by atoms with Gasteiger partial charge < -0.3 is 15.4 Å². The van der Waals surface area contributed by atoms with Gasteiger partial charge in [-0.15, -0.1) is 0 Å². The molecule has 5 heteroatoms. The van der Waals surface area contributed by atoms with Crippen LogP contribution >= 0.6 is 11.6 Å². The van der Waals surface area contributed by atoms with E-state index in [0.29, 0.717) is 11.6 Å². The van der Waals surface area contributed by atoms with Crippen LogP contribution in [0.15, 0.2) is 12.3 Å². The van der Waals surface area contributed by atoms with Crippen LogP contribution in [0, 0.1) is 0 Å². The van der Waals surface area contributed by atoms with Gasteiger partial charge in [-0.05, 0) is 31.4 Å². The minimum absolute atomic E-state index is 0.281. The lowest BCUT2D eigenvalue weighted by atomic mass is 10.1. The predicted molar refractivity (Wildman–Crippen MR) is 74.0 cm³/mol. The third-order valence-corrected chi connectivity index (χ3v) is 3.66. The molecule has 0 amide bonds. The molecule has 18 heavy (non-hydrogen) atoms. The Bertz CT molecular complexity index is 398. The first-order chi connectivity index (χ1) is 8.76. The summed E-state index contributed by atoms with van der Waals surface area (Å²) in [5.74, 6) is 0.837. The van der Waals surface area contributed by atoms with Crippen molar-refractivity contribution in [2.75, 3.05) is 24.6 Å². The summed E-state index contributed by atoms with van der Waals surface area (Å²) in [4.78, 5) is 6.59. The summed E-state index contributed by atoms with van der Waals surface area (Å²) in [7, 11) is 0. The van der Waals surface area contributed by atoms with E-state index in [9.17, 15) is 0 Å². The highest BCUT2D eigenvalue weighted by atomic mass is 35.5. The summed E-state index contributed by atoms with van der Waals surface area (Å²) in [6.45, 7) is 5.05. The highest BCUT2D eigenvalue weighted by Crippen LogP contribution is 2.29. The van der Waals surface area contributed by atoms with Crippen LogP contribution < -0.4 is 10.6 Å². The van der Waals surface area contributed by atoms with Gasteiger partial charge in [0.15, 0.2) is 0 Å². The van der Waals surface area contributed by atoms with Crippen molar-refractivity contribution in [2.24, 2.45) is 5.73 Å². The topological polar surface area (TPSA) is 51.4 Å². The van der Waals surface area contributed by atoms with Gasteiger partial charge in [0, 0.05) is 32.4 Å². The average Bonchev–Trinajstić information content (AvgIpc) is 2.40. The van der Waals surface area contributed by atoms with Crippen LogP contribution in [-0.4, -0.2) is 30.8 Å². The van der Waals surface area contributed by atoms with Gasteiger partial charge in [0.05, 0.1) is 11.1 Å². The van der Waals surface area contributed by atoms with Crippen molar-refractivity contribution in [2.45, 2.75) is 32.4 Å². The minimum Gasteiger partial charge on any atom is -0.377 e. The second-order valence-corrected chi connectivity index (χ2v) is 4.86. The fraction of sp³-hybridized carbons (Fsp3) is 0.615. The lowest BCUT2D eigenvalue weighted by Crippen LogP contribution is -2.40. The first-order valence-corrected chi connectivity index (χ1v) is 6.84. The van der Waals surface area contributed by atoms with Crippen molar-refractivity contribution in [3.63, 3.8) is 0 Å². The van der Waals surface area contributed by atoms with Gasteiger partial charge in [-0.3, -0.25) is 0 Å². The number of aromatic nitrogens is 1. The van der Waals surface area contributed by atoms with Crippen LogP contribution in [0.4, 0.5) is 5.82 Å². The Morgan fingerprint density at radius 1 is 1.61 bits per heavy atom. The molecule has 2 rings (SSSR count). The van der Waals surface area contributed by atoms with E-state index in [1.165, 1.54) is 0 Å². The zero-order chi connectivity index (χ0) is 13.0. The molecule has 1 saturated heterocycles. The molecule has 0 aliphatic carbocycles. The zero-order valence-electron chi connectivity index (χ0n) is 10.7. The van der Waals surface area contributed by atoms with Crippen LogP contribution in [0.25, 0.3) is 0 Å². The van der Waals surface area contributed by atoms with Crippen LogP contribution in [0.1, 0.15) is 25.3 Å². The lowest BCUT2D eigenvalue weighted by Gasteiger charge is -2.34. The summed E-state index contributed by atoms with van der Waals surface area (Å²) in [6, 6.07) is 1.87. The van der Waals surface area contributed by atoms with Crippen molar-refractivity contribution in [1.82, 2.24) is 4.98 Å². The quantitative estimate of drug-likeness (QED) is 0.910. The normalized spacial score (nSPS) is 20.2. The monoisotopic (exact) mass is 269 g/mol. The molecular formula is C13H20ClN3O. The molecule has 0 bridgehead atoms. The van der Waals surface area contributed by atoms with E-state index in [4.69, 9.17) is 22.1 Å². The second-order valence-electron chi connectivity index (χ2n) is 4.48. The smallest absolute Gasteiger partial charge is 0.147 e. The molecule has 0 spiro atoms. The van der Waals surface area contributed by atoms with Crippen LogP contribution in [-0.2, 0) is 11.3 Å². The molecule has 1 atom stereocenters. The maximum atomic E-state index is 6.34. The molecule has 1 fully saturated rings. The lowest BCUT2D eigenvalue weighted by molar-refractivity contribution is 0.0525. The van der Waals surface area contributed by atoms with E-state index >= 15 is 0 Å². The van der Waals surface area contributed by atoms with Crippen molar-refractivity contribution in [1.29, 1.82) is 0 Å². The molecule has 1 unspecified atom stereocenters. The number of pyridine rings is 1. The summed E-state index contributed by atoms with van der Waals surface area (Å²) < 4.78 is 5.69. The highest BCUT2D eigenvalue weighted by Gasteiger charge is 2.23. The number of ether oxygens (including phenoxy) is 1. The van der Waals surface area contributed by atoms with E-state index in [2.05, 4.69) is 9.88 Å². The largest absolute Gasteiger partial charge is 0.377 e. The SMILES string of the molecule is CCOC1CCCN(c2nccc(CN)c2Cl)C1. The number of anilines is 1. The summed E-state index contributed by atoms with van der Waals surface area (Å²) in [5.41, 5.74) is 6.61. The molecule has 0 aromatic carbocycles. The van der Waals surface area contributed by atoms with E-state index in [0.717, 1.165) is 43.9 Å². The Morgan fingerprint density at radius 2 is 2.44 bits per heavy atom. The summed E-state index contributed by atoms with van der Waals surface area (Å²) in [5, 5.41) is 0.678. The first-order valence-electron chi connectivity index (χ1n) is 6.46. The van der Waals surface area contributed by atoms with Crippen molar-refractivity contribution in [3.05, 3.63) is 22.8 Å². The highest BCUT2D eigenvalue weighted by molar-refractivity contribution is 6.33. The maximum absolute atomic E-state index is 6.34. The van der Waals surface area contributed by atoms with Gasteiger partial charge in [0.25, 0.3) is 0 Å². The number of rotatable bonds is 4. The molecule has 2 N–H and O–H groups in total. The Hall–Kier alpha value is -0.840. The third-order valence-electron chi connectivity index (χ3n) is 3.25. The van der Waals surface area contributed by atoms with Gasteiger partial charge in [0.2, 0.25) is 0 Å². The molecule has 1 aromatic rings. The number of nitrogens with two attached hydrogens (primary N) is 1. The second kappa shape index (κ2) is 6.36. The predicted octanol–water partition coefficient (Wildman–Crippen LogP) is 2.20. The number of hydrogen-bond donors (Lipinski definition) is 1. The minimum atomic E-state index is 0.281. The molecule has 0 saturated carbocycles. The number of piperidine rings is 1. The van der Waals surface area contributed by atoms with Crippen LogP contribution in [0.3, 0.4) is 0 Å². The van der Waals surface area contributed by atoms with Gasteiger partial charge >= 0.3 is 0 Å². The number of nitrogens with zero attached hydrogens (tertiary/aromatic N) is 2. The van der Waals surface area contributed by atoms with Crippen molar-refractivity contribution in [3.8, 4) is 0 Å². The fourth-order valence-corrected chi connectivity index (χ4v) is 2.66.